The van der Waals surface area contributed by atoms with Gasteiger partial charge in [-0.2, -0.15) is 10.2 Å². The highest BCUT2D eigenvalue weighted by molar-refractivity contribution is 5.54. The standard InChI is InChI=1S/C19H20N4O3/c1-23(2)15(13-7-4-5-8-16(13)24-3)12-21-18-14(11-20)22-19(26-18)17-9-6-10-25-17/h4-10,15,21H,12H2,1-3H3. The van der Waals surface area contributed by atoms with Crippen LogP contribution < -0.4 is 10.1 Å². The fraction of sp³-hybridized carbons (Fsp3) is 0.263. The van der Waals surface area contributed by atoms with Gasteiger partial charge >= 0.3 is 0 Å². The summed E-state index contributed by atoms with van der Waals surface area (Å²) < 4.78 is 16.4. The minimum Gasteiger partial charge on any atom is -0.496 e. The molecule has 0 amide bonds. The molecule has 134 valence electrons. The molecule has 26 heavy (non-hydrogen) atoms. The van der Waals surface area contributed by atoms with Gasteiger partial charge in [-0.05, 0) is 32.3 Å². The van der Waals surface area contributed by atoms with Crippen LogP contribution in [0.2, 0.25) is 0 Å². The fourth-order valence-electron chi connectivity index (χ4n) is 2.72. The average Bonchev–Trinajstić information content (AvgIpc) is 3.31. The van der Waals surface area contributed by atoms with Crippen LogP contribution in [0.1, 0.15) is 17.3 Å². The van der Waals surface area contributed by atoms with Crippen LogP contribution in [0.15, 0.2) is 51.5 Å². The van der Waals surface area contributed by atoms with Crippen LogP contribution in [0.25, 0.3) is 11.7 Å². The number of hydrogen-bond donors (Lipinski definition) is 1. The van der Waals surface area contributed by atoms with Crippen LogP contribution in [0.3, 0.4) is 0 Å². The average molecular weight is 352 g/mol. The van der Waals surface area contributed by atoms with Gasteiger partial charge in [0.1, 0.15) is 11.8 Å². The molecule has 3 aromatic rings. The van der Waals surface area contributed by atoms with E-state index in [1.165, 1.54) is 6.26 Å². The van der Waals surface area contributed by atoms with Crippen LogP contribution in [0, 0.1) is 11.3 Å². The number of benzene rings is 1. The lowest BCUT2D eigenvalue weighted by Gasteiger charge is -2.26. The molecule has 0 fully saturated rings. The highest BCUT2D eigenvalue weighted by Gasteiger charge is 2.21. The molecule has 1 atom stereocenters. The van der Waals surface area contributed by atoms with Crippen molar-refractivity contribution in [1.82, 2.24) is 9.88 Å². The van der Waals surface area contributed by atoms with Crippen molar-refractivity contribution in [3.63, 3.8) is 0 Å². The first-order valence-corrected chi connectivity index (χ1v) is 8.12. The zero-order valence-corrected chi connectivity index (χ0v) is 14.9. The van der Waals surface area contributed by atoms with Gasteiger partial charge in [0.05, 0.1) is 19.4 Å². The maximum absolute atomic E-state index is 9.33. The summed E-state index contributed by atoms with van der Waals surface area (Å²) in [5.41, 5.74) is 1.23. The molecular weight excluding hydrogens is 332 g/mol. The van der Waals surface area contributed by atoms with Gasteiger partial charge in [0.15, 0.2) is 5.76 Å². The lowest BCUT2D eigenvalue weighted by atomic mass is 10.0. The maximum atomic E-state index is 9.33. The number of anilines is 1. The van der Waals surface area contributed by atoms with Crippen molar-refractivity contribution in [2.45, 2.75) is 6.04 Å². The fourth-order valence-corrected chi connectivity index (χ4v) is 2.72. The van der Waals surface area contributed by atoms with Crippen molar-refractivity contribution in [1.29, 1.82) is 5.26 Å². The molecule has 1 unspecified atom stereocenters. The Morgan fingerprint density at radius 3 is 2.73 bits per heavy atom. The zero-order chi connectivity index (χ0) is 18.5. The summed E-state index contributed by atoms with van der Waals surface area (Å²) in [5.74, 6) is 1.87. The summed E-state index contributed by atoms with van der Waals surface area (Å²) in [7, 11) is 5.62. The minimum absolute atomic E-state index is 0.00913. The summed E-state index contributed by atoms with van der Waals surface area (Å²) >= 11 is 0. The third kappa shape index (κ3) is 3.55. The number of hydrogen-bond acceptors (Lipinski definition) is 7. The quantitative estimate of drug-likeness (QED) is 0.696. The molecule has 0 aliphatic carbocycles. The zero-order valence-electron chi connectivity index (χ0n) is 14.9. The summed E-state index contributed by atoms with van der Waals surface area (Å²) in [5, 5.41) is 12.5. The van der Waals surface area contributed by atoms with E-state index in [1.54, 1.807) is 19.2 Å². The molecule has 7 nitrogen and oxygen atoms in total. The van der Waals surface area contributed by atoms with Crippen LogP contribution in [-0.2, 0) is 0 Å². The molecule has 3 rings (SSSR count). The third-order valence-corrected chi connectivity index (χ3v) is 4.04. The van der Waals surface area contributed by atoms with E-state index in [0.29, 0.717) is 18.2 Å². The lowest BCUT2D eigenvalue weighted by Crippen LogP contribution is -2.27. The number of nitrogens with one attached hydrogen (secondary N) is 1. The van der Waals surface area contributed by atoms with Gasteiger partial charge in [-0.3, -0.25) is 0 Å². The number of furan rings is 1. The van der Waals surface area contributed by atoms with E-state index in [9.17, 15) is 5.26 Å². The summed E-state index contributed by atoms with van der Waals surface area (Å²) in [6.07, 6.45) is 1.53. The van der Waals surface area contributed by atoms with Crippen molar-refractivity contribution in [2.75, 3.05) is 33.1 Å². The Hall–Kier alpha value is -3.24. The summed E-state index contributed by atoms with van der Waals surface area (Å²) in [4.78, 5) is 6.25. The second-order valence-corrected chi connectivity index (χ2v) is 5.89. The molecule has 0 radical (unpaired) electrons. The number of para-hydroxylation sites is 1. The van der Waals surface area contributed by atoms with Gasteiger partial charge in [0.25, 0.3) is 5.89 Å². The first kappa shape index (κ1) is 17.6. The number of methoxy groups -OCH3 is 1. The molecule has 1 N–H and O–H groups in total. The monoisotopic (exact) mass is 352 g/mol. The molecule has 0 aliphatic heterocycles. The highest BCUT2D eigenvalue weighted by atomic mass is 16.5. The van der Waals surface area contributed by atoms with E-state index < -0.39 is 0 Å². The Morgan fingerprint density at radius 2 is 2.08 bits per heavy atom. The number of nitriles is 1. The summed E-state index contributed by atoms with van der Waals surface area (Å²) in [6.45, 7) is 0.509. The Morgan fingerprint density at radius 1 is 1.27 bits per heavy atom. The van der Waals surface area contributed by atoms with Gasteiger partial charge in [-0.1, -0.05) is 18.2 Å². The second kappa shape index (κ2) is 7.76. The van der Waals surface area contributed by atoms with Crippen LogP contribution in [0.4, 0.5) is 5.88 Å². The van der Waals surface area contributed by atoms with E-state index in [2.05, 4.69) is 15.2 Å². The second-order valence-electron chi connectivity index (χ2n) is 5.89. The predicted octanol–water partition coefficient (Wildman–Crippen LogP) is 3.53. The molecule has 0 bridgehead atoms. The molecule has 2 aromatic heterocycles. The minimum atomic E-state index is 0.00913. The van der Waals surface area contributed by atoms with Gasteiger partial charge in [-0.15, -0.1) is 0 Å². The number of rotatable bonds is 7. The number of likely N-dealkylation sites (N-methyl/N-ethyl adjacent to an activating group) is 1. The van der Waals surface area contributed by atoms with Gasteiger partial charge < -0.3 is 23.8 Å². The highest BCUT2D eigenvalue weighted by Crippen LogP contribution is 2.30. The third-order valence-electron chi connectivity index (χ3n) is 4.04. The van der Waals surface area contributed by atoms with E-state index in [-0.39, 0.29) is 17.6 Å². The molecular formula is C19H20N4O3. The van der Waals surface area contributed by atoms with E-state index in [1.807, 2.05) is 44.4 Å². The van der Waals surface area contributed by atoms with Crippen LogP contribution >= 0.6 is 0 Å². The molecule has 0 aliphatic rings. The molecule has 0 saturated heterocycles. The van der Waals surface area contributed by atoms with E-state index in [0.717, 1.165) is 11.3 Å². The van der Waals surface area contributed by atoms with Crippen molar-refractivity contribution < 1.29 is 13.6 Å². The van der Waals surface area contributed by atoms with Crippen molar-refractivity contribution in [2.24, 2.45) is 0 Å². The molecule has 0 saturated carbocycles. The molecule has 0 spiro atoms. The Kier molecular flexibility index (Phi) is 5.25. The van der Waals surface area contributed by atoms with Gasteiger partial charge in [-0.25, -0.2) is 0 Å². The number of ether oxygens (including phenoxy) is 1. The lowest BCUT2D eigenvalue weighted by molar-refractivity contribution is 0.299. The molecule has 2 heterocycles. The SMILES string of the molecule is COc1ccccc1C(CNc1oc(-c2ccco2)nc1C#N)N(C)C. The van der Waals surface area contributed by atoms with Crippen LogP contribution in [-0.4, -0.2) is 37.6 Å². The molecule has 7 heteroatoms. The van der Waals surface area contributed by atoms with Gasteiger partial charge in [0.2, 0.25) is 11.6 Å². The van der Waals surface area contributed by atoms with Gasteiger partial charge in [0, 0.05) is 12.1 Å². The Labute approximate surface area is 151 Å². The largest absolute Gasteiger partial charge is 0.496 e. The Bertz CT molecular complexity index is 894. The van der Waals surface area contributed by atoms with Crippen LogP contribution in [0.5, 0.6) is 5.75 Å². The topological polar surface area (TPSA) is 87.5 Å². The first-order chi connectivity index (χ1) is 12.6. The maximum Gasteiger partial charge on any atom is 0.266 e. The van der Waals surface area contributed by atoms with Crippen molar-refractivity contribution >= 4 is 5.88 Å². The number of aromatic nitrogens is 1. The first-order valence-electron chi connectivity index (χ1n) is 8.12. The predicted molar refractivity (Wildman–Crippen MR) is 96.8 cm³/mol. The molecule has 1 aromatic carbocycles. The van der Waals surface area contributed by atoms with E-state index >= 15 is 0 Å². The van der Waals surface area contributed by atoms with Crippen molar-refractivity contribution in [3.05, 3.63) is 53.9 Å². The summed E-state index contributed by atoms with van der Waals surface area (Å²) in [6, 6.07) is 13.4. The smallest absolute Gasteiger partial charge is 0.266 e. The van der Waals surface area contributed by atoms with E-state index in [4.69, 9.17) is 13.6 Å². The van der Waals surface area contributed by atoms with Crippen molar-refractivity contribution in [3.8, 4) is 23.5 Å². The number of nitrogens with zero attached hydrogens (tertiary/aromatic N) is 3. The Balaban J connectivity index is 1.83. The number of oxazole rings is 1. The normalized spacial score (nSPS) is 12.0.